The van der Waals surface area contributed by atoms with Crippen molar-refractivity contribution in [1.82, 2.24) is 10.3 Å². The van der Waals surface area contributed by atoms with Crippen LogP contribution in [0, 0.1) is 11.8 Å². The predicted octanol–water partition coefficient (Wildman–Crippen LogP) is 3.27. The molecule has 120 valence electrons. The molecule has 3 unspecified atom stereocenters. The Labute approximate surface area is 137 Å². The lowest BCUT2D eigenvalue weighted by atomic mass is 10.0. The number of anilines is 1. The fraction of sp³-hybridized carbons (Fsp3) is 0.368. The number of carbonyl (C=O) groups excluding carboxylic acids is 1. The topological polar surface area (TPSA) is 45.2 Å². The Morgan fingerprint density at radius 2 is 1.91 bits per heavy atom. The van der Waals surface area contributed by atoms with Gasteiger partial charge in [-0.1, -0.05) is 37.3 Å². The van der Waals surface area contributed by atoms with Crippen LogP contribution in [0.3, 0.4) is 0 Å². The summed E-state index contributed by atoms with van der Waals surface area (Å²) in [6, 6.07) is 14.0. The van der Waals surface area contributed by atoms with Crippen molar-refractivity contribution in [1.29, 1.82) is 0 Å². The smallest absolute Gasteiger partial charge is 0.253 e. The first-order valence-corrected chi connectivity index (χ1v) is 8.05. The van der Waals surface area contributed by atoms with Crippen molar-refractivity contribution in [3.63, 3.8) is 0 Å². The van der Waals surface area contributed by atoms with Crippen molar-refractivity contribution < 1.29 is 4.79 Å². The van der Waals surface area contributed by atoms with E-state index >= 15 is 0 Å². The molecule has 0 radical (unpaired) electrons. The Morgan fingerprint density at radius 3 is 2.43 bits per heavy atom. The highest BCUT2D eigenvalue weighted by Gasteiger charge is 2.40. The SMILES string of the molecule is CC1CC1C(NC(=O)c1ccc(N(C)C)nc1)c1ccccc1. The number of hydrogen-bond donors (Lipinski definition) is 1. The molecule has 0 bridgehead atoms. The second kappa shape index (κ2) is 6.41. The highest BCUT2D eigenvalue weighted by Crippen LogP contribution is 2.47. The normalized spacial score (nSPS) is 20.7. The Balaban J connectivity index is 1.76. The van der Waals surface area contributed by atoms with Crippen molar-refractivity contribution in [3.05, 3.63) is 59.8 Å². The molecule has 3 rings (SSSR count). The maximum atomic E-state index is 12.6. The van der Waals surface area contributed by atoms with Gasteiger partial charge in [0.2, 0.25) is 0 Å². The lowest BCUT2D eigenvalue weighted by molar-refractivity contribution is 0.0930. The molecular weight excluding hydrogens is 286 g/mol. The van der Waals surface area contributed by atoms with Gasteiger partial charge < -0.3 is 10.2 Å². The second-order valence-electron chi connectivity index (χ2n) is 6.54. The van der Waals surface area contributed by atoms with E-state index in [0.29, 0.717) is 17.4 Å². The molecule has 1 aliphatic carbocycles. The third-order valence-electron chi connectivity index (χ3n) is 4.51. The number of nitrogens with one attached hydrogen (secondary N) is 1. The first-order valence-electron chi connectivity index (χ1n) is 8.05. The van der Waals surface area contributed by atoms with E-state index in [4.69, 9.17) is 0 Å². The van der Waals surface area contributed by atoms with Gasteiger partial charge in [-0.2, -0.15) is 0 Å². The monoisotopic (exact) mass is 309 g/mol. The number of benzene rings is 1. The summed E-state index contributed by atoms with van der Waals surface area (Å²) >= 11 is 0. The molecule has 0 saturated heterocycles. The molecule has 1 aromatic heterocycles. The fourth-order valence-electron chi connectivity index (χ4n) is 2.92. The fourth-order valence-corrected chi connectivity index (χ4v) is 2.92. The van der Waals surface area contributed by atoms with Gasteiger partial charge in [0.25, 0.3) is 5.91 Å². The van der Waals surface area contributed by atoms with Crippen molar-refractivity contribution >= 4 is 11.7 Å². The number of hydrogen-bond acceptors (Lipinski definition) is 3. The number of rotatable bonds is 5. The van der Waals surface area contributed by atoms with Crippen LogP contribution in [-0.2, 0) is 0 Å². The zero-order chi connectivity index (χ0) is 16.4. The molecule has 1 fully saturated rings. The summed E-state index contributed by atoms with van der Waals surface area (Å²) in [7, 11) is 3.87. The van der Waals surface area contributed by atoms with Crippen molar-refractivity contribution in [2.75, 3.05) is 19.0 Å². The van der Waals surface area contributed by atoms with Crippen LogP contribution in [0.2, 0.25) is 0 Å². The molecule has 2 aromatic rings. The third kappa shape index (κ3) is 3.52. The molecule has 4 nitrogen and oxygen atoms in total. The number of aromatic nitrogens is 1. The lowest BCUT2D eigenvalue weighted by Crippen LogP contribution is -2.30. The molecule has 0 spiro atoms. The van der Waals surface area contributed by atoms with Crippen LogP contribution < -0.4 is 10.2 Å². The Bertz CT molecular complexity index is 667. The molecule has 1 amide bonds. The summed E-state index contributed by atoms with van der Waals surface area (Å²) in [5, 5.41) is 3.20. The maximum Gasteiger partial charge on any atom is 0.253 e. The van der Waals surface area contributed by atoms with Gasteiger partial charge >= 0.3 is 0 Å². The number of carbonyl (C=O) groups is 1. The summed E-state index contributed by atoms with van der Waals surface area (Å²) < 4.78 is 0. The summed E-state index contributed by atoms with van der Waals surface area (Å²) in [4.78, 5) is 18.8. The average Bonchev–Trinajstić information content (AvgIpc) is 3.29. The predicted molar refractivity (Wildman–Crippen MR) is 92.5 cm³/mol. The summed E-state index contributed by atoms with van der Waals surface area (Å²) in [5.41, 5.74) is 1.78. The minimum Gasteiger partial charge on any atom is -0.363 e. The largest absolute Gasteiger partial charge is 0.363 e. The molecule has 0 aliphatic heterocycles. The minimum atomic E-state index is -0.0595. The van der Waals surface area contributed by atoms with E-state index in [1.807, 2.05) is 49.3 Å². The number of amides is 1. The van der Waals surface area contributed by atoms with Crippen LogP contribution in [0.15, 0.2) is 48.7 Å². The third-order valence-corrected chi connectivity index (χ3v) is 4.51. The van der Waals surface area contributed by atoms with Crippen LogP contribution in [0.4, 0.5) is 5.82 Å². The quantitative estimate of drug-likeness (QED) is 0.922. The average molecular weight is 309 g/mol. The molecule has 1 heterocycles. The van der Waals surface area contributed by atoms with Gasteiger partial charge in [-0.3, -0.25) is 4.79 Å². The maximum absolute atomic E-state index is 12.6. The van der Waals surface area contributed by atoms with E-state index in [-0.39, 0.29) is 11.9 Å². The van der Waals surface area contributed by atoms with Crippen LogP contribution >= 0.6 is 0 Å². The van der Waals surface area contributed by atoms with E-state index in [1.54, 1.807) is 6.20 Å². The van der Waals surface area contributed by atoms with Gasteiger partial charge in [0, 0.05) is 20.3 Å². The van der Waals surface area contributed by atoms with E-state index in [0.717, 1.165) is 12.2 Å². The van der Waals surface area contributed by atoms with Gasteiger partial charge in [0.15, 0.2) is 0 Å². The minimum absolute atomic E-state index is 0.0595. The van der Waals surface area contributed by atoms with E-state index in [2.05, 4.69) is 29.4 Å². The Morgan fingerprint density at radius 1 is 1.22 bits per heavy atom. The lowest BCUT2D eigenvalue weighted by Gasteiger charge is -2.19. The molecule has 1 aromatic carbocycles. The van der Waals surface area contributed by atoms with Gasteiger partial charge in [-0.05, 0) is 36.0 Å². The summed E-state index contributed by atoms with van der Waals surface area (Å²) in [6.07, 6.45) is 2.81. The number of nitrogens with zero attached hydrogens (tertiary/aromatic N) is 2. The van der Waals surface area contributed by atoms with Crippen molar-refractivity contribution in [2.24, 2.45) is 11.8 Å². The van der Waals surface area contributed by atoms with Gasteiger partial charge in [-0.15, -0.1) is 0 Å². The molecule has 3 atom stereocenters. The van der Waals surface area contributed by atoms with Gasteiger partial charge in [0.1, 0.15) is 5.82 Å². The molecule has 23 heavy (non-hydrogen) atoms. The molecule has 4 heteroatoms. The van der Waals surface area contributed by atoms with E-state index < -0.39 is 0 Å². The summed E-state index contributed by atoms with van der Waals surface area (Å²) in [6.45, 7) is 2.24. The first kappa shape index (κ1) is 15.5. The number of pyridine rings is 1. The van der Waals surface area contributed by atoms with Gasteiger partial charge in [-0.25, -0.2) is 4.98 Å². The van der Waals surface area contributed by atoms with Crippen LogP contribution in [0.1, 0.15) is 35.3 Å². The summed E-state index contributed by atoms with van der Waals surface area (Å²) in [5.74, 6) is 1.97. The van der Waals surface area contributed by atoms with E-state index in [1.165, 1.54) is 5.56 Å². The van der Waals surface area contributed by atoms with Gasteiger partial charge in [0.05, 0.1) is 11.6 Å². The van der Waals surface area contributed by atoms with Crippen LogP contribution in [-0.4, -0.2) is 25.0 Å². The van der Waals surface area contributed by atoms with Crippen molar-refractivity contribution in [3.8, 4) is 0 Å². The Hall–Kier alpha value is -2.36. The van der Waals surface area contributed by atoms with Crippen LogP contribution in [0.5, 0.6) is 0 Å². The molecular formula is C19H23N3O. The molecule has 1 N–H and O–H groups in total. The van der Waals surface area contributed by atoms with Crippen molar-refractivity contribution in [2.45, 2.75) is 19.4 Å². The molecule has 1 aliphatic rings. The van der Waals surface area contributed by atoms with Crippen LogP contribution in [0.25, 0.3) is 0 Å². The Kier molecular flexibility index (Phi) is 4.33. The van der Waals surface area contributed by atoms with E-state index in [9.17, 15) is 4.79 Å². The highest BCUT2D eigenvalue weighted by molar-refractivity contribution is 5.94. The highest BCUT2D eigenvalue weighted by atomic mass is 16.1. The second-order valence-corrected chi connectivity index (χ2v) is 6.54. The standard InChI is InChI=1S/C19H23N3O/c1-13-11-16(13)18(14-7-5-4-6-8-14)21-19(23)15-9-10-17(20-12-15)22(2)3/h4-10,12-13,16,18H,11H2,1-3H3,(H,21,23). The first-order chi connectivity index (χ1) is 11.1. The molecule has 1 saturated carbocycles. The zero-order valence-electron chi connectivity index (χ0n) is 13.9. The zero-order valence-corrected chi connectivity index (χ0v) is 13.9.